The number of para-hydroxylation sites is 1. The van der Waals surface area contributed by atoms with Crippen LogP contribution < -0.4 is 4.90 Å². The number of fused-ring (bicyclic) bond motifs is 7. The minimum atomic E-state index is 0.0983. The molecule has 2 aliphatic rings. The molecule has 0 saturated carbocycles. The Morgan fingerprint density at radius 2 is 1.12 bits per heavy atom. The van der Waals surface area contributed by atoms with Crippen molar-refractivity contribution in [3.8, 4) is 45.3 Å². The van der Waals surface area contributed by atoms with Crippen molar-refractivity contribution in [2.45, 2.75) is 12.0 Å². The molecule has 1 aliphatic heterocycles. The Hall–Kier alpha value is -7.63. The third kappa shape index (κ3) is 5.92. The first kappa shape index (κ1) is 33.7. The molecule has 58 heavy (non-hydrogen) atoms. The van der Waals surface area contributed by atoms with Gasteiger partial charge in [0.1, 0.15) is 11.2 Å². The van der Waals surface area contributed by atoms with E-state index in [0.717, 1.165) is 60.8 Å². The van der Waals surface area contributed by atoms with Gasteiger partial charge in [-0.05, 0) is 57.8 Å². The molecular weight excluding hydrogens is 709 g/mol. The highest BCUT2D eigenvalue weighted by molar-refractivity contribution is 6.12. The van der Waals surface area contributed by atoms with Gasteiger partial charge >= 0.3 is 0 Å². The molecule has 0 amide bonds. The maximum Gasteiger partial charge on any atom is 0.164 e. The summed E-state index contributed by atoms with van der Waals surface area (Å²) in [6.45, 7) is 0. The molecule has 9 aromatic rings. The summed E-state index contributed by atoms with van der Waals surface area (Å²) in [5.41, 5.74) is 10.2. The average molecular weight is 745 g/mol. The Morgan fingerprint density at radius 3 is 1.98 bits per heavy atom. The molecule has 274 valence electrons. The van der Waals surface area contributed by atoms with Gasteiger partial charge in [0.05, 0.1) is 6.04 Å². The highest BCUT2D eigenvalue weighted by atomic mass is 16.3. The number of rotatable bonds is 5. The van der Waals surface area contributed by atoms with E-state index < -0.39 is 0 Å². The van der Waals surface area contributed by atoms with Crippen LogP contribution in [0.1, 0.15) is 11.5 Å². The number of benzene rings is 7. The number of anilines is 2. The van der Waals surface area contributed by atoms with Gasteiger partial charge < -0.3 is 9.32 Å². The number of hydrogen-bond donors (Lipinski definition) is 0. The zero-order valence-electron chi connectivity index (χ0n) is 31.5. The normalized spacial score (nSPS) is 18.2. The predicted octanol–water partition coefficient (Wildman–Crippen LogP) is 13.4. The third-order valence-electron chi connectivity index (χ3n) is 11.3. The highest BCUT2D eigenvalue weighted by Gasteiger charge is 2.36. The van der Waals surface area contributed by atoms with Crippen LogP contribution in [0.25, 0.3) is 78.0 Å². The maximum absolute atomic E-state index is 6.70. The van der Waals surface area contributed by atoms with Crippen LogP contribution in [0.5, 0.6) is 0 Å². The fourth-order valence-corrected chi connectivity index (χ4v) is 8.52. The lowest BCUT2D eigenvalue weighted by Gasteiger charge is -2.27. The summed E-state index contributed by atoms with van der Waals surface area (Å²) >= 11 is 0. The summed E-state index contributed by atoms with van der Waals surface area (Å²) in [6.07, 6.45) is 17.2. The third-order valence-corrected chi connectivity index (χ3v) is 11.3. The van der Waals surface area contributed by atoms with Crippen LogP contribution in [0.4, 0.5) is 11.4 Å². The van der Waals surface area contributed by atoms with E-state index in [1.54, 1.807) is 0 Å². The molecule has 2 atom stereocenters. The number of nitrogens with zero attached hydrogens (tertiary/aromatic N) is 4. The van der Waals surface area contributed by atoms with Crippen molar-refractivity contribution >= 4 is 44.1 Å². The van der Waals surface area contributed by atoms with E-state index in [0.29, 0.717) is 17.5 Å². The first-order chi connectivity index (χ1) is 28.7. The van der Waals surface area contributed by atoms with Crippen molar-refractivity contribution in [3.63, 3.8) is 0 Å². The SMILES string of the molecule is C1=C\C=C/C2C(\C=C\C=C/1)c1ccccc1N2c1ccc2c(c1)oc1cccc(-c3nc(-c4ccc(-c5ccccc5)cc4)nc(-c4ccc5ccccc5c4)n3)c12. The number of furan rings is 1. The fraction of sp³-hybridized carbons (Fsp3) is 0.0377. The van der Waals surface area contributed by atoms with Crippen LogP contribution in [0, 0.1) is 0 Å². The first-order valence-corrected chi connectivity index (χ1v) is 19.7. The largest absolute Gasteiger partial charge is 0.456 e. The van der Waals surface area contributed by atoms with Gasteiger partial charge in [-0.15, -0.1) is 0 Å². The Kier molecular flexibility index (Phi) is 8.21. The van der Waals surface area contributed by atoms with Gasteiger partial charge in [0.15, 0.2) is 17.5 Å². The number of aromatic nitrogens is 3. The standard InChI is InChI=1S/C53H36N4O/c1-2-4-9-22-46-42(19-8-3-1)43-20-12-13-23-47(43)57(46)41-31-32-44-49(34-41)58-48-24-14-21-45(50(44)48)53-55-51(38-28-25-37(26-29-38)35-15-6-5-7-16-35)54-52(56-53)40-30-27-36-17-10-11-18-39(36)33-40/h1-34,42,46H/b3-1-,4-2-,19-8+,22-9-. The summed E-state index contributed by atoms with van der Waals surface area (Å²) in [7, 11) is 0. The van der Waals surface area contributed by atoms with Crippen LogP contribution in [-0.4, -0.2) is 21.0 Å². The Labute approximate surface area is 336 Å². The summed E-state index contributed by atoms with van der Waals surface area (Å²) in [6, 6.07) is 55.1. The van der Waals surface area contributed by atoms with Gasteiger partial charge in [-0.2, -0.15) is 0 Å². The summed E-state index contributed by atoms with van der Waals surface area (Å²) in [5.74, 6) is 2.02. The molecule has 3 heterocycles. The molecule has 0 saturated heterocycles. The van der Waals surface area contributed by atoms with E-state index in [9.17, 15) is 0 Å². The van der Waals surface area contributed by atoms with Crippen LogP contribution >= 0.6 is 0 Å². The van der Waals surface area contributed by atoms with E-state index in [4.69, 9.17) is 19.4 Å². The molecule has 2 unspecified atom stereocenters. The van der Waals surface area contributed by atoms with Gasteiger partial charge in [-0.25, -0.2) is 15.0 Å². The number of hydrogen-bond acceptors (Lipinski definition) is 5. The molecule has 0 radical (unpaired) electrons. The molecule has 11 rings (SSSR count). The van der Waals surface area contributed by atoms with Crippen LogP contribution in [0.3, 0.4) is 0 Å². The maximum atomic E-state index is 6.70. The fourth-order valence-electron chi connectivity index (χ4n) is 8.52. The van der Waals surface area contributed by atoms with Crippen LogP contribution in [0.15, 0.2) is 211 Å². The van der Waals surface area contributed by atoms with Crippen molar-refractivity contribution in [1.29, 1.82) is 0 Å². The zero-order valence-corrected chi connectivity index (χ0v) is 31.5. The van der Waals surface area contributed by atoms with Crippen molar-refractivity contribution in [2.24, 2.45) is 0 Å². The molecule has 0 N–H and O–H groups in total. The molecule has 0 fully saturated rings. The molecule has 5 nitrogen and oxygen atoms in total. The summed E-state index contributed by atoms with van der Waals surface area (Å²) < 4.78 is 6.70. The second-order valence-corrected chi connectivity index (χ2v) is 14.8. The molecule has 0 spiro atoms. The quantitative estimate of drug-likeness (QED) is 0.176. The first-order valence-electron chi connectivity index (χ1n) is 19.7. The lowest BCUT2D eigenvalue weighted by molar-refractivity contribution is 0.668. The monoisotopic (exact) mass is 744 g/mol. The van der Waals surface area contributed by atoms with Gasteiger partial charge in [0.25, 0.3) is 0 Å². The lowest BCUT2D eigenvalue weighted by Crippen LogP contribution is -2.27. The second kappa shape index (κ2) is 14.1. The van der Waals surface area contributed by atoms with Gasteiger partial charge in [-0.3, -0.25) is 0 Å². The molecule has 0 bridgehead atoms. The van der Waals surface area contributed by atoms with Crippen LogP contribution in [-0.2, 0) is 0 Å². The second-order valence-electron chi connectivity index (χ2n) is 14.8. The van der Waals surface area contributed by atoms with Crippen LogP contribution in [0.2, 0.25) is 0 Å². The predicted molar refractivity (Wildman–Crippen MR) is 238 cm³/mol. The smallest absolute Gasteiger partial charge is 0.164 e. The van der Waals surface area contributed by atoms with Gasteiger partial charge in [0, 0.05) is 50.8 Å². The van der Waals surface area contributed by atoms with E-state index in [1.165, 1.54) is 16.6 Å². The Morgan fingerprint density at radius 1 is 0.448 bits per heavy atom. The van der Waals surface area contributed by atoms with E-state index in [2.05, 4.69) is 193 Å². The van der Waals surface area contributed by atoms with Crippen molar-refractivity contribution in [2.75, 3.05) is 4.90 Å². The van der Waals surface area contributed by atoms with Crippen molar-refractivity contribution < 1.29 is 4.42 Å². The highest BCUT2D eigenvalue weighted by Crippen LogP contribution is 2.48. The summed E-state index contributed by atoms with van der Waals surface area (Å²) in [5, 5.41) is 4.28. The molecule has 2 aromatic heterocycles. The Bertz CT molecular complexity index is 3140. The molecule has 1 aliphatic carbocycles. The Balaban J connectivity index is 1.05. The zero-order chi connectivity index (χ0) is 38.4. The minimum absolute atomic E-state index is 0.0983. The van der Waals surface area contributed by atoms with Crippen molar-refractivity contribution in [3.05, 3.63) is 212 Å². The van der Waals surface area contributed by atoms with Gasteiger partial charge in [-0.1, -0.05) is 170 Å². The number of allylic oxidation sites excluding steroid dienone is 6. The van der Waals surface area contributed by atoms with Gasteiger partial charge in [0.2, 0.25) is 0 Å². The molecule has 5 heteroatoms. The van der Waals surface area contributed by atoms with E-state index >= 15 is 0 Å². The van der Waals surface area contributed by atoms with E-state index in [1.807, 2.05) is 18.2 Å². The lowest BCUT2D eigenvalue weighted by atomic mass is 9.93. The average Bonchev–Trinajstić information content (AvgIpc) is 3.82. The minimum Gasteiger partial charge on any atom is -0.456 e. The summed E-state index contributed by atoms with van der Waals surface area (Å²) in [4.78, 5) is 17.9. The molecule has 7 aromatic carbocycles. The topological polar surface area (TPSA) is 55.1 Å². The molecular formula is C53H36N4O. The van der Waals surface area contributed by atoms with Crippen molar-refractivity contribution in [1.82, 2.24) is 15.0 Å². The van der Waals surface area contributed by atoms with E-state index in [-0.39, 0.29) is 12.0 Å².